The van der Waals surface area contributed by atoms with Crippen LogP contribution in [-0.2, 0) is 16.1 Å². The van der Waals surface area contributed by atoms with Crippen molar-refractivity contribution >= 4 is 28.6 Å². The summed E-state index contributed by atoms with van der Waals surface area (Å²) in [7, 11) is 1.55. The Labute approximate surface area is 167 Å². The number of hydrogen-bond donors (Lipinski definition) is 1. The molecule has 0 saturated heterocycles. The molecule has 0 saturated carbocycles. The molecule has 2 aromatic carbocycles. The Balaban J connectivity index is 1.60. The Bertz CT molecular complexity index is 1070. The van der Waals surface area contributed by atoms with E-state index < -0.39 is 5.76 Å². The molecule has 1 heterocycles. The maximum absolute atomic E-state index is 12.6. The standard InChI is InChI=1S/C21H23N3O5/c1-3-23(14-19(25)22-15-7-6-8-16(13-15)28-2)20(26)11-12-24-17-9-4-5-10-18(17)29-21(24)27/h4-10,13H,3,11-12,14H2,1-2H3,(H,22,25). The van der Waals surface area contributed by atoms with E-state index in [9.17, 15) is 14.4 Å². The molecule has 0 aliphatic rings. The second-order valence-corrected chi connectivity index (χ2v) is 6.43. The average Bonchev–Trinajstić information content (AvgIpc) is 3.05. The van der Waals surface area contributed by atoms with Crippen LogP contribution in [0.5, 0.6) is 5.75 Å². The molecule has 0 fully saturated rings. The van der Waals surface area contributed by atoms with E-state index in [1.54, 1.807) is 62.6 Å². The van der Waals surface area contributed by atoms with E-state index in [1.165, 1.54) is 9.47 Å². The first-order chi connectivity index (χ1) is 14.0. The van der Waals surface area contributed by atoms with Crippen molar-refractivity contribution in [2.75, 3.05) is 25.5 Å². The van der Waals surface area contributed by atoms with Gasteiger partial charge in [0, 0.05) is 31.3 Å². The molecule has 1 aromatic heterocycles. The van der Waals surface area contributed by atoms with Crippen LogP contribution in [0.4, 0.5) is 5.69 Å². The molecule has 8 heteroatoms. The summed E-state index contributed by atoms with van der Waals surface area (Å²) in [5.74, 6) is -0.397. The lowest BCUT2D eigenvalue weighted by Crippen LogP contribution is -2.38. The van der Waals surface area contributed by atoms with Crippen molar-refractivity contribution in [2.45, 2.75) is 19.9 Å². The predicted octanol–water partition coefficient (Wildman–Crippen LogP) is 2.48. The fourth-order valence-electron chi connectivity index (χ4n) is 3.04. The van der Waals surface area contributed by atoms with Gasteiger partial charge in [-0.2, -0.15) is 0 Å². The SMILES string of the molecule is CCN(CC(=O)Nc1cccc(OC)c1)C(=O)CCn1c(=O)oc2ccccc21. The van der Waals surface area contributed by atoms with Crippen LogP contribution < -0.4 is 15.8 Å². The topological polar surface area (TPSA) is 93.8 Å². The number of nitrogens with zero attached hydrogens (tertiary/aromatic N) is 2. The number of benzene rings is 2. The number of rotatable bonds is 8. The lowest BCUT2D eigenvalue weighted by molar-refractivity contribution is -0.134. The smallest absolute Gasteiger partial charge is 0.419 e. The molecule has 1 N–H and O–H groups in total. The number of oxazole rings is 1. The molecule has 29 heavy (non-hydrogen) atoms. The summed E-state index contributed by atoms with van der Waals surface area (Å²) in [5, 5.41) is 2.76. The first-order valence-corrected chi connectivity index (χ1v) is 9.32. The van der Waals surface area contributed by atoms with Crippen molar-refractivity contribution in [1.29, 1.82) is 0 Å². The van der Waals surface area contributed by atoms with Gasteiger partial charge in [0.15, 0.2) is 5.58 Å². The molecule has 8 nitrogen and oxygen atoms in total. The lowest BCUT2D eigenvalue weighted by atomic mass is 10.3. The number of carbonyl (C=O) groups is 2. The largest absolute Gasteiger partial charge is 0.497 e. The van der Waals surface area contributed by atoms with Crippen molar-refractivity contribution in [1.82, 2.24) is 9.47 Å². The number of nitrogens with one attached hydrogen (secondary N) is 1. The summed E-state index contributed by atoms with van der Waals surface area (Å²) in [5.41, 5.74) is 1.72. The molecule has 0 spiro atoms. The average molecular weight is 397 g/mol. The van der Waals surface area contributed by atoms with Crippen LogP contribution in [0.25, 0.3) is 11.1 Å². The minimum atomic E-state index is -0.502. The fraction of sp³-hybridized carbons (Fsp3) is 0.286. The van der Waals surface area contributed by atoms with Crippen LogP contribution in [-0.4, -0.2) is 41.5 Å². The van der Waals surface area contributed by atoms with Crippen molar-refractivity contribution in [3.63, 3.8) is 0 Å². The molecule has 0 bridgehead atoms. The Kier molecular flexibility index (Phi) is 6.33. The maximum atomic E-state index is 12.6. The summed E-state index contributed by atoms with van der Waals surface area (Å²) in [6, 6.07) is 14.0. The number of fused-ring (bicyclic) bond motifs is 1. The first-order valence-electron chi connectivity index (χ1n) is 9.32. The van der Waals surface area contributed by atoms with Gasteiger partial charge in [0.2, 0.25) is 11.8 Å². The molecule has 3 rings (SSSR count). The third-order valence-corrected chi connectivity index (χ3v) is 4.55. The van der Waals surface area contributed by atoms with Gasteiger partial charge in [0.1, 0.15) is 5.75 Å². The van der Waals surface area contributed by atoms with Gasteiger partial charge in [-0.25, -0.2) is 4.79 Å². The number of aromatic nitrogens is 1. The van der Waals surface area contributed by atoms with Crippen LogP contribution in [0, 0.1) is 0 Å². The lowest BCUT2D eigenvalue weighted by Gasteiger charge is -2.20. The summed E-state index contributed by atoms with van der Waals surface area (Å²) in [4.78, 5) is 38.4. The predicted molar refractivity (Wildman–Crippen MR) is 109 cm³/mol. The Morgan fingerprint density at radius 3 is 2.72 bits per heavy atom. The van der Waals surface area contributed by atoms with Crippen LogP contribution in [0.3, 0.4) is 0 Å². The zero-order chi connectivity index (χ0) is 20.8. The highest BCUT2D eigenvalue weighted by Crippen LogP contribution is 2.17. The second kappa shape index (κ2) is 9.09. The van der Waals surface area contributed by atoms with Crippen LogP contribution >= 0.6 is 0 Å². The molecule has 3 aromatic rings. The van der Waals surface area contributed by atoms with Crippen LogP contribution in [0.2, 0.25) is 0 Å². The van der Waals surface area contributed by atoms with Crippen LogP contribution in [0.1, 0.15) is 13.3 Å². The van der Waals surface area contributed by atoms with E-state index in [0.717, 1.165) is 0 Å². The maximum Gasteiger partial charge on any atom is 0.419 e. The van der Waals surface area contributed by atoms with Gasteiger partial charge in [0.25, 0.3) is 0 Å². The third kappa shape index (κ3) is 4.84. The summed E-state index contributed by atoms with van der Waals surface area (Å²) in [6.07, 6.45) is 0.0870. The molecule has 0 aliphatic heterocycles. The van der Waals surface area contributed by atoms with Gasteiger partial charge < -0.3 is 19.4 Å². The van der Waals surface area contributed by atoms with Crippen molar-refractivity contribution in [3.05, 3.63) is 59.1 Å². The van der Waals surface area contributed by atoms with E-state index in [4.69, 9.17) is 9.15 Å². The van der Waals surface area contributed by atoms with Crippen molar-refractivity contribution in [3.8, 4) is 5.75 Å². The number of carbonyl (C=O) groups excluding carboxylic acids is 2. The van der Waals surface area contributed by atoms with Crippen molar-refractivity contribution < 1.29 is 18.7 Å². The van der Waals surface area contributed by atoms with Crippen molar-refractivity contribution in [2.24, 2.45) is 0 Å². The summed E-state index contributed by atoms with van der Waals surface area (Å²) < 4.78 is 11.7. The van der Waals surface area contributed by atoms with Gasteiger partial charge >= 0.3 is 5.76 Å². The Hall–Kier alpha value is -3.55. The Morgan fingerprint density at radius 1 is 1.17 bits per heavy atom. The van der Waals surface area contributed by atoms with E-state index in [0.29, 0.717) is 29.1 Å². The molecule has 0 atom stereocenters. The molecular weight excluding hydrogens is 374 g/mol. The summed E-state index contributed by atoms with van der Waals surface area (Å²) in [6.45, 7) is 2.29. The van der Waals surface area contributed by atoms with E-state index in [1.807, 2.05) is 0 Å². The number of anilines is 1. The molecule has 0 aliphatic carbocycles. The van der Waals surface area contributed by atoms with Crippen LogP contribution in [0.15, 0.2) is 57.7 Å². The van der Waals surface area contributed by atoms with Gasteiger partial charge in [-0.15, -0.1) is 0 Å². The molecule has 2 amide bonds. The quantitative estimate of drug-likeness (QED) is 0.630. The van der Waals surface area contributed by atoms with E-state index in [-0.39, 0.29) is 31.3 Å². The Morgan fingerprint density at radius 2 is 1.97 bits per heavy atom. The third-order valence-electron chi connectivity index (χ3n) is 4.55. The highest BCUT2D eigenvalue weighted by Gasteiger charge is 2.17. The number of amides is 2. The molecule has 152 valence electrons. The minimum absolute atomic E-state index is 0.0758. The number of hydrogen-bond acceptors (Lipinski definition) is 5. The molecular formula is C21H23N3O5. The fourth-order valence-corrected chi connectivity index (χ4v) is 3.04. The number of para-hydroxylation sites is 2. The number of methoxy groups -OCH3 is 1. The van der Waals surface area contributed by atoms with Gasteiger partial charge in [-0.1, -0.05) is 18.2 Å². The number of ether oxygens (including phenoxy) is 1. The number of aryl methyl sites for hydroxylation is 1. The monoisotopic (exact) mass is 397 g/mol. The first kappa shape index (κ1) is 20.2. The van der Waals surface area contributed by atoms with E-state index >= 15 is 0 Å². The van der Waals surface area contributed by atoms with Gasteiger partial charge in [-0.3, -0.25) is 14.2 Å². The normalized spacial score (nSPS) is 10.7. The van der Waals surface area contributed by atoms with E-state index in [2.05, 4.69) is 5.32 Å². The van der Waals surface area contributed by atoms with Gasteiger partial charge in [0.05, 0.1) is 19.2 Å². The van der Waals surface area contributed by atoms with Gasteiger partial charge in [-0.05, 0) is 31.2 Å². The zero-order valence-electron chi connectivity index (χ0n) is 16.4. The zero-order valence-corrected chi connectivity index (χ0v) is 16.4. The highest BCUT2D eigenvalue weighted by atomic mass is 16.5. The molecule has 0 radical (unpaired) electrons. The highest BCUT2D eigenvalue weighted by molar-refractivity contribution is 5.94. The number of likely N-dealkylation sites (N-methyl/N-ethyl adjacent to an activating group) is 1. The molecule has 0 unspecified atom stereocenters. The summed E-state index contributed by atoms with van der Waals surface area (Å²) >= 11 is 0. The minimum Gasteiger partial charge on any atom is -0.497 e. The second-order valence-electron chi connectivity index (χ2n) is 6.43.